The number of aliphatic hydroxyl groups excluding tert-OH is 1. The summed E-state index contributed by atoms with van der Waals surface area (Å²) < 4.78 is 1.14. The van der Waals surface area contributed by atoms with Gasteiger partial charge in [0.05, 0.1) is 6.10 Å². The molecule has 0 amide bonds. The van der Waals surface area contributed by atoms with E-state index in [0.717, 1.165) is 30.2 Å². The third-order valence-corrected chi connectivity index (χ3v) is 2.72. The predicted octanol–water partition coefficient (Wildman–Crippen LogP) is 3.54. The Hall–Kier alpha value is -0.340. The molecule has 1 N–H and O–H groups in total. The number of unbranched alkanes of at least 4 members (excludes halogenated alkanes) is 1. The highest BCUT2D eigenvalue weighted by molar-refractivity contribution is 9.10. The molecule has 0 aliphatic heterocycles. The number of rotatable bonds is 5. The lowest BCUT2D eigenvalue weighted by Gasteiger charge is -2.04. The van der Waals surface area contributed by atoms with Gasteiger partial charge >= 0.3 is 0 Å². The van der Waals surface area contributed by atoms with Gasteiger partial charge in [0.2, 0.25) is 0 Å². The van der Waals surface area contributed by atoms with E-state index >= 15 is 0 Å². The molecule has 0 spiro atoms. The van der Waals surface area contributed by atoms with Crippen LogP contribution in [0.1, 0.15) is 31.7 Å². The highest BCUT2D eigenvalue weighted by Crippen LogP contribution is 2.14. The van der Waals surface area contributed by atoms with Gasteiger partial charge in [-0.2, -0.15) is 0 Å². The lowest BCUT2D eigenvalue weighted by molar-refractivity contribution is 0.180. The van der Waals surface area contributed by atoms with Gasteiger partial charge in [0.15, 0.2) is 0 Å². The van der Waals surface area contributed by atoms with Crippen LogP contribution in [0.3, 0.4) is 0 Å². The van der Waals surface area contributed by atoms with Crippen LogP contribution in [0.2, 0.25) is 0 Å². The van der Waals surface area contributed by atoms with Gasteiger partial charge < -0.3 is 5.11 Å². The summed E-state index contributed by atoms with van der Waals surface area (Å²) in [6.07, 6.45) is 4.11. The Morgan fingerprint density at radius 2 is 2.14 bits per heavy atom. The molecule has 1 atom stereocenters. The van der Waals surface area contributed by atoms with E-state index in [0.29, 0.717) is 0 Å². The van der Waals surface area contributed by atoms with E-state index in [1.807, 2.05) is 13.0 Å². The Kier molecular flexibility index (Phi) is 5.20. The van der Waals surface area contributed by atoms with E-state index < -0.39 is 0 Å². The van der Waals surface area contributed by atoms with Crippen LogP contribution in [0.25, 0.3) is 0 Å². The molecule has 0 bridgehead atoms. The number of hydrogen-bond acceptors (Lipinski definition) is 1. The number of halogens is 1. The van der Waals surface area contributed by atoms with Crippen LogP contribution < -0.4 is 0 Å². The van der Waals surface area contributed by atoms with Gasteiger partial charge in [-0.15, -0.1) is 0 Å². The van der Waals surface area contributed by atoms with Crippen LogP contribution in [0.5, 0.6) is 0 Å². The quantitative estimate of drug-likeness (QED) is 0.800. The molecular weight excluding hydrogens is 240 g/mol. The highest BCUT2D eigenvalue weighted by Gasteiger charge is 1.97. The van der Waals surface area contributed by atoms with E-state index in [9.17, 15) is 0 Å². The predicted molar refractivity (Wildman–Crippen MR) is 63.4 cm³/mol. The molecule has 0 saturated heterocycles. The second-order valence-electron chi connectivity index (χ2n) is 3.72. The first-order valence-corrected chi connectivity index (χ1v) is 5.90. The average molecular weight is 257 g/mol. The van der Waals surface area contributed by atoms with Gasteiger partial charge in [0.1, 0.15) is 0 Å². The normalized spacial score (nSPS) is 12.8. The Bertz CT molecular complexity index is 271. The van der Waals surface area contributed by atoms with Crippen molar-refractivity contribution in [3.05, 3.63) is 34.3 Å². The molecule has 0 saturated carbocycles. The van der Waals surface area contributed by atoms with Crippen molar-refractivity contribution in [3.63, 3.8) is 0 Å². The van der Waals surface area contributed by atoms with E-state index in [2.05, 4.69) is 34.1 Å². The van der Waals surface area contributed by atoms with Crippen LogP contribution in [0.15, 0.2) is 28.7 Å². The van der Waals surface area contributed by atoms with Crippen molar-refractivity contribution in [2.24, 2.45) is 0 Å². The molecule has 0 aliphatic rings. The molecular formula is C12H17BrO. The lowest BCUT2D eigenvalue weighted by Crippen LogP contribution is -1.98. The first kappa shape index (κ1) is 11.7. The Labute approximate surface area is 94.3 Å². The van der Waals surface area contributed by atoms with Gasteiger partial charge in [-0.3, -0.25) is 0 Å². The maximum absolute atomic E-state index is 9.09. The second-order valence-corrected chi connectivity index (χ2v) is 4.64. The van der Waals surface area contributed by atoms with E-state index in [-0.39, 0.29) is 6.10 Å². The molecule has 0 aliphatic carbocycles. The molecule has 14 heavy (non-hydrogen) atoms. The summed E-state index contributed by atoms with van der Waals surface area (Å²) in [6, 6.07) is 8.41. The van der Waals surface area contributed by atoms with E-state index in [1.54, 1.807) is 0 Å². The summed E-state index contributed by atoms with van der Waals surface area (Å²) >= 11 is 3.45. The third-order valence-electron chi connectivity index (χ3n) is 2.23. The topological polar surface area (TPSA) is 20.2 Å². The highest BCUT2D eigenvalue weighted by atomic mass is 79.9. The molecule has 1 aromatic rings. The second kappa shape index (κ2) is 6.20. The average Bonchev–Trinajstić information content (AvgIpc) is 2.12. The fourth-order valence-electron chi connectivity index (χ4n) is 1.46. The Morgan fingerprint density at radius 1 is 1.36 bits per heavy atom. The molecule has 1 rings (SSSR count). The van der Waals surface area contributed by atoms with Crippen LogP contribution in [-0.2, 0) is 6.42 Å². The first-order chi connectivity index (χ1) is 6.68. The molecule has 1 nitrogen and oxygen atoms in total. The van der Waals surface area contributed by atoms with Crippen molar-refractivity contribution >= 4 is 15.9 Å². The summed E-state index contributed by atoms with van der Waals surface area (Å²) in [5.74, 6) is 0. The molecule has 2 heteroatoms. The van der Waals surface area contributed by atoms with E-state index in [4.69, 9.17) is 5.11 Å². The first-order valence-electron chi connectivity index (χ1n) is 5.11. The lowest BCUT2D eigenvalue weighted by atomic mass is 10.1. The van der Waals surface area contributed by atoms with Gasteiger partial charge in [-0.25, -0.2) is 0 Å². The van der Waals surface area contributed by atoms with Crippen molar-refractivity contribution in [2.45, 2.75) is 38.7 Å². The molecule has 78 valence electrons. The van der Waals surface area contributed by atoms with Gasteiger partial charge in [0, 0.05) is 4.47 Å². The Morgan fingerprint density at radius 3 is 2.79 bits per heavy atom. The monoisotopic (exact) mass is 256 g/mol. The van der Waals surface area contributed by atoms with Crippen molar-refractivity contribution in [1.29, 1.82) is 0 Å². The minimum Gasteiger partial charge on any atom is -0.393 e. The minimum absolute atomic E-state index is 0.155. The SMILES string of the molecule is C[C@@H](O)CCCCc1cccc(Br)c1. The van der Waals surface area contributed by atoms with Gasteiger partial charge in [-0.05, 0) is 43.9 Å². The van der Waals surface area contributed by atoms with Crippen LogP contribution in [0.4, 0.5) is 0 Å². The van der Waals surface area contributed by atoms with Crippen molar-refractivity contribution in [2.75, 3.05) is 0 Å². The number of aryl methyl sites for hydroxylation is 1. The molecule has 0 radical (unpaired) electrons. The number of hydrogen-bond donors (Lipinski definition) is 1. The third kappa shape index (κ3) is 4.77. The van der Waals surface area contributed by atoms with Crippen molar-refractivity contribution < 1.29 is 5.11 Å². The molecule has 0 unspecified atom stereocenters. The van der Waals surface area contributed by atoms with Crippen LogP contribution in [-0.4, -0.2) is 11.2 Å². The van der Waals surface area contributed by atoms with Crippen LogP contribution >= 0.6 is 15.9 Å². The van der Waals surface area contributed by atoms with Crippen molar-refractivity contribution in [3.8, 4) is 0 Å². The fourth-order valence-corrected chi connectivity index (χ4v) is 1.91. The van der Waals surface area contributed by atoms with Gasteiger partial charge in [0.25, 0.3) is 0 Å². The molecule has 0 fully saturated rings. The molecule has 1 aromatic carbocycles. The van der Waals surface area contributed by atoms with Crippen LogP contribution in [0, 0.1) is 0 Å². The summed E-state index contributed by atoms with van der Waals surface area (Å²) in [5.41, 5.74) is 1.37. The largest absolute Gasteiger partial charge is 0.393 e. The maximum atomic E-state index is 9.09. The smallest absolute Gasteiger partial charge is 0.0512 e. The number of aliphatic hydroxyl groups is 1. The van der Waals surface area contributed by atoms with Gasteiger partial charge in [-0.1, -0.05) is 34.5 Å². The Balaban J connectivity index is 2.25. The minimum atomic E-state index is -0.155. The fraction of sp³-hybridized carbons (Fsp3) is 0.500. The summed E-state index contributed by atoms with van der Waals surface area (Å²) in [4.78, 5) is 0. The van der Waals surface area contributed by atoms with Crippen molar-refractivity contribution in [1.82, 2.24) is 0 Å². The number of benzene rings is 1. The summed E-state index contributed by atoms with van der Waals surface area (Å²) in [5, 5.41) is 9.09. The molecule has 0 heterocycles. The maximum Gasteiger partial charge on any atom is 0.0512 e. The summed E-state index contributed by atoms with van der Waals surface area (Å²) in [6.45, 7) is 1.85. The molecule has 0 aromatic heterocycles. The zero-order valence-corrected chi connectivity index (χ0v) is 10.1. The summed E-state index contributed by atoms with van der Waals surface area (Å²) in [7, 11) is 0. The zero-order valence-electron chi connectivity index (χ0n) is 8.54. The standard InChI is InChI=1S/C12H17BrO/c1-10(14)5-2-3-6-11-7-4-8-12(13)9-11/h4,7-10,14H,2-3,5-6H2,1H3/t10-/m1/s1. The zero-order chi connectivity index (χ0) is 10.4. The van der Waals surface area contributed by atoms with E-state index in [1.165, 1.54) is 5.56 Å².